The molecule has 98 valence electrons. The van der Waals surface area contributed by atoms with E-state index in [-0.39, 0.29) is 22.8 Å². The predicted molar refractivity (Wildman–Crippen MR) is 68.2 cm³/mol. The van der Waals surface area contributed by atoms with Crippen molar-refractivity contribution in [3.05, 3.63) is 21.6 Å². The van der Waals surface area contributed by atoms with Gasteiger partial charge in [0.25, 0.3) is 0 Å². The molecule has 0 radical (unpaired) electrons. The van der Waals surface area contributed by atoms with E-state index in [0.717, 1.165) is 6.20 Å². The van der Waals surface area contributed by atoms with Crippen molar-refractivity contribution in [1.29, 1.82) is 0 Å². The molecule has 0 aromatic carbocycles. The van der Waals surface area contributed by atoms with Crippen LogP contribution in [0.2, 0.25) is 5.28 Å². The van der Waals surface area contributed by atoms with Gasteiger partial charge in [-0.05, 0) is 24.4 Å². The summed E-state index contributed by atoms with van der Waals surface area (Å²) in [4.78, 5) is 17.7. The van der Waals surface area contributed by atoms with Crippen molar-refractivity contribution in [1.82, 2.24) is 9.97 Å². The Morgan fingerprint density at radius 3 is 2.78 bits per heavy atom. The molecule has 1 saturated heterocycles. The molecule has 1 aromatic rings. The Morgan fingerprint density at radius 2 is 2.17 bits per heavy atom. The first-order valence-corrected chi connectivity index (χ1v) is 7.21. The number of halogens is 1. The van der Waals surface area contributed by atoms with E-state index in [9.17, 15) is 14.3 Å². The Kier molecular flexibility index (Phi) is 4.07. The fraction of sp³-hybridized carbons (Fsp3) is 0.556. The topological polar surface area (TPSA) is 98.0 Å². The van der Waals surface area contributed by atoms with Crippen LogP contribution in [-0.2, 0) is 10.8 Å². The molecule has 7 nitrogen and oxygen atoms in total. The van der Waals surface area contributed by atoms with Crippen molar-refractivity contribution < 1.29 is 9.13 Å². The summed E-state index contributed by atoms with van der Waals surface area (Å²) >= 11 is 5.63. The first-order chi connectivity index (χ1) is 8.56. The Hall–Kier alpha value is -1.28. The molecule has 0 spiro atoms. The lowest BCUT2D eigenvalue weighted by Crippen LogP contribution is -2.30. The average molecular weight is 291 g/mol. The fourth-order valence-electron chi connectivity index (χ4n) is 1.73. The van der Waals surface area contributed by atoms with Crippen molar-refractivity contribution in [3.8, 4) is 0 Å². The molecule has 1 N–H and O–H groups in total. The minimum absolute atomic E-state index is 0.0346. The molecule has 0 unspecified atom stereocenters. The van der Waals surface area contributed by atoms with E-state index in [1.54, 1.807) is 0 Å². The second-order valence-electron chi connectivity index (χ2n) is 3.90. The van der Waals surface area contributed by atoms with Crippen molar-refractivity contribution in [2.45, 2.75) is 18.9 Å². The maximum absolute atomic E-state index is 11.2. The summed E-state index contributed by atoms with van der Waals surface area (Å²) in [5, 5.41) is 13.8. The standard InChI is InChI=1S/C9H11ClN4O3S/c10-9-11-5-7(14(15)16)8(13-9)12-6-1-3-18(17)4-2-6/h5-6H,1-4H2,(H,11,12,13). The van der Waals surface area contributed by atoms with Crippen molar-refractivity contribution in [2.24, 2.45) is 0 Å². The summed E-state index contributed by atoms with van der Waals surface area (Å²) in [5.74, 6) is 1.33. The number of aromatic nitrogens is 2. The van der Waals surface area contributed by atoms with E-state index in [0.29, 0.717) is 24.3 Å². The van der Waals surface area contributed by atoms with Gasteiger partial charge in [-0.2, -0.15) is 4.98 Å². The molecule has 18 heavy (non-hydrogen) atoms. The lowest BCUT2D eigenvalue weighted by atomic mass is 10.1. The molecule has 1 fully saturated rings. The number of hydrogen-bond donors (Lipinski definition) is 1. The highest BCUT2D eigenvalue weighted by Crippen LogP contribution is 2.24. The lowest BCUT2D eigenvalue weighted by Gasteiger charge is -2.22. The zero-order valence-electron chi connectivity index (χ0n) is 9.34. The minimum atomic E-state index is -0.770. The molecule has 2 heterocycles. The zero-order chi connectivity index (χ0) is 13.1. The molecule has 0 amide bonds. The normalized spacial score (nSPS) is 23.6. The highest BCUT2D eigenvalue weighted by molar-refractivity contribution is 7.85. The van der Waals surface area contributed by atoms with Gasteiger partial charge in [-0.25, -0.2) is 4.98 Å². The second kappa shape index (κ2) is 5.57. The SMILES string of the molecule is O=[N+]([O-])c1cnc(Cl)nc1NC1CCS(=O)CC1. The molecule has 0 bridgehead atoms. The van der Waals surface area contributed by atoms with E-state index in [2.05, 4.69) is 15.3 Å². The van der Waals surface area contributed by atoms with E-state index in [1.807, 2.05) is 0 Å². The summed E-state index contributed by atoms with van der Waals surface area (Å²) < 4.78 is 11.2. The zero-order valence-corrected chi connectivity index (χ0v) is 10.9. The first-order valence-electron chi connectivity index (χ1n) is 5.34. The molecular weight excluding hydrogens is 280 g/mol. The Balaban J connectivity index is 2.15. The van der Waals surface area contributed by atoms with E-state index >= 15 is 0 Å². The number of anilines is 1. The molecule has 0 saturated carbocycles. The molecule has 1 aromatic heterocycles. The maximum Gasteiger partial charge on any atom is 0.329 e. The Morgan fingerprint density at radius 1 is 1.50 bits per heavy atom. The predicted octanol–water partition coefficient (Wildman–Crippen LogP) is 1.36. The van der Waals surface area contributed by atoms with Gasteiger partial charge < -0.3 is 5.32 Å². The number of nitrogens with one attached hydrogen (secondary N) is 1. The Bertz CT molecular complexity index is 489. The summed E-state index contributed by atoms with van der Waals surface area (Å²) in [5.41, 5.74) is -0.203. The van der Waals surface area contributed by atoms with Crippen LogP contribution >= 0.6 is 11.6 Å². The van der Waals surface area contributed by atoms with Crippen LogP contribution in [0.25, 0.3) is 0 Å². The minimum Gasteiger partial charge on any atom is -0.361 e. The van der Waals surface area contributed by atoms with Crippen molar-refractivity contribution in [3.63, 3.8) is 0 Å². The second-order valence-corrected chi connectivity index (χ2v) is 5.93. The summed E-state index contributed by atoms with van der Waals surface area (Å²) in [6.45, 7) is 0. The summed E-state index contributed by atoms with van der Waals surface area (Å²) in [6, 6.07) is 0.0346. The molecule has 1 aliphatic rings. The highest BCUT2D eigenvalue weighted by atomic mass is 35.5. The van der Waals surface area contributed by atoms with Gasteiger partial charge in [0.2, 0.25) is 11.1 Å². The lowest BCUT2D eigenvalue weighted by molar-refractivity contribution is -0.384. The van der Waals surface area contributed by atoms with Gasteiger partial charge >= 0.3 is 5.69 Å². The summed E-state index contributed by atoms with van der Waals surface area (Å²) in [7, 11) is -0.770. The van der Waals surface area contributed by atoms with Crippen molar-refractivity contribution in [2.75, 3.05) is 16.8 Å². The van der Waals surface area contributed by atoms with Gasteiger partial charge in [-0.3, -0.25) is 14.3 Å². The van der Waals surface area contributed by atoms with Gasteiger partial charge in [0.15, 0.2) is 0 Å². The van der Waals surface area contributed by atoms with Crippen LogP contribution in [-0.4, -0.2) is 36.6 Å². The van der Waals surface area contributed by atoms with Crippen molar-refractivity contribution >= 4 is 33.9 Å². The molecule has 0 atom stereocenters. The Labute approximate surface area is 111 Å². The average Bonchev–Trinajstić information content (AvgIpc) is 2.32. The van der Waals surface area contributed by atoms with E-state index in [4.69, 9.17) is 11.6 Å². The van der Waals surface area contributed by atoms with Crippen LogP contribution in [0.1, 0.15) is 12.8 Å². The van der Waals surface area contributed by atoms with Crippen LogP contribution in [0, 0.1) is 10.1 Å². The summed E-state index contributed by atoms with van der Waals surface area (Å²) in [6.07, 6.45) is 2.48. The van der Waals surface area contributed by atoms with Gasteiger partial charge in [0.05, 0.1) is 4.92 Å². The van der Waals surface area contributed by atoms with Crippen LogP contribution in [0.4, 0.5) is 11.5 Å². The van der Waals surface area contributed by atoms with Crippen LogP contribution in [0.5, 0.6) is 0 Å². The van der Waals surface area contributed by atoms with Crippen LogP contribution in [0.3, 0.4) is 0 Å². The molecule has 9 heteroatoms. The largest absolute Gasteiger partial charge is 0.361 e. The number of rotatable bonds is 3. The highest BCUT2D eigenvalue weighted by Gasteiger charge is 2.23. The van der Waals surface area contributed by atoms with E-state index in [1.165, 1.54) is 0 Å². The number of hydrogen-bond acceptors (Lipinski definition) is 6. The van der Waals surface area contributed by atoms with Gasteiger partial charge in [0, 0.05) is 28.3 Å². The monoisotopic (exact) mass is 290 g/mol. The third-order valence-corrected chi connectivity index (χ3v) is 4.23. The number of nitrogens with zero attached hydrogens (tertiary/aromatic N) is 3. The number of nitro groups is 1. The maximum atomic E-state index is 11.2. The molecular formula is C9H11ClN4O3S. The van der Waals surface area contributed by atoms with Gasteiger partial charge in [-0.1, -0.05) is 0 Å². The van der Waals surface area contributed by atoms with E-state index < -0.39 is 15.7 Å². The fourth-order valence-corrected chi connectivity index (χ4v) is 3.16. The quantitative estimate of drug-likeness (QED) is 0.513. The van der Waals surface area contributed by atoms with Crippen LogP contribution < -0.4 is 5.32 Å². The third-order valence-electron chi connectivity index (χ3n) is 2.67. The molecule has 2 rings (SSSR count). The third kappa shape index (κ3) is 3.14. The molecule has 1 aliphatic heterocycles. The smallest absolute Gasteiger partial charge is 0.329 e. The van der Waals surface area contributed by atoms with Gasteiger partial charge in [0.1, 0.15) is 6.20 Å². The first kappa shape index (κ1) is 13.2. The van der Waals surface area contributed by atoms with Crippen LogP contribution in [0.15, 0.2) is 6.20 Å². The molecule has 0 aliphatic carbocycles. The van der Waals surface area contributed by atoms with Gasteiger partial charge in [-0.15, -0.1) is 0 Å².